The number of anilines is 1. The molecule has 4 fully saturated rings. The Morgan fingerprint density at radius 3 is 2.34 bits per heavy atom. The van der Waals surface area contributed by atoms with Crippen LogP contribution in [-0.2, 0) is 19.1 Å². The maximum absolute atomic E-state index is 14.2. The van der Waals surface area contributed by atoms with Gasteiger partial charge in [0.2, 0.25) is 17.7 Å². The number of fused-ring (bicyclic) bond motifs is 1. The topological polar surface area (TPSA) is 87.7 Å². The second kappa shape index (κ2) is 10.1. The number of carbonyl (C=O) groups is 3. The van der Waals surface area contributed by atoms with E-state index < -0.39 is 29.6 Å². The highest BCUT2D eigenvalue weighted by Gasteiger charge is 2.73. The van der Waals surface area contributed by atoms with Crippen molar-refractivity contribution in [2.45, 2.75) is 94.5 Å². The van der Waals surface area contributed by atoms with Crippen LogP contribution in [0.3, 0.4) is 0 Å². The number of carbonyl (C=O) groups excluding carboxylic acids is 3. The summed E-state index contributed by atoms with van der Waals surface area (Å²) in [5.41, 5.74) is -0.680. The van der Waals surface area contributed by atoms with E-state index in [9.17, 15) is 14.4 Å². The summed E-state index contributed by atoms with van der Waals surface area (Å²) in [5, 5.41) is 6.98. The Morgan fingerprint density at radius 2 is 1.66 bits per heavy atom. The molecule has 204 valence electrons. The van der Waals surface area contributed by atoms with Gasteiger partial charge in [-0.15, -0.1) is 0 Å². The zero-order chi connectivity index (χ0) is 26.6. The summed E-state index contributed by atoms with van der Waals surface area (Å²) >= 11 is 12.3. The first kappa shape index (κ1) is 26.1. The number of halogens is 2. The lowest BCUT2D eigenvalue weighted by Crippen LogP contribution is -2.58. The third-order valence-corrected chi connectivity index (χ3v) is 9.76. The van der Waals surface area contributed by atoms with Crippen molar-refractivity contribution in [2.24, 2.45) is 17.8 Å². The van der Waals surface area contributed by atoms with Gasteiger partial charge in [-0.1, -0.05) is 61.5 Å². The molecule has 1 aromatic carbocycles. The van der Waals surface area contributed by atoms with Crippen LogP contribution in [0.4, 0.5) is 5.69 Å². The maximum atomic E-state index is 14.2. The summed E-state index contributed by atoms with van der Waals surface area (Å²) in [6, 6.07) is 4.14. The molecule has 3 aliphatic heterocycles. The fraction of sp³-hybridized carbons (Fsp3) is 0.621. The van der Waals surface area contributed by atoms with Gasteiger partial charge in [0, 0.05) is 27.8 Å². The highest BCUT2D eigenvalue weighted by Crippen LogP contribution is 2.56. The first-order valence-corrected chi connectivity index (χ1v) is 14.8. The van der Waals surface area contributed by atoms with Crippen molar-refractivity contribution in [3.63, 3.8) is 0 Å². The first-order valence-electron chi connectivity index (χ1n) is 14.0. The number of hydrogen-bond donors (Lipinski definition) is 2. The highest BCUT2D eigenvalue weighted by atomic mass is 35.5. The number of hydrogen-bond acceptors (Lipinski definition) is 4. The van der Waals surface area contributed by atoms with Gasteiger partial charge in [-0.2, -0.15) is 0 Å². The molecule has 0 unspecified atom stereocenters. The number of benzene rings is 1. The summed E-state index contributed by atoms with van der Waals surface area (Å²) < 4.78 is 6.49. The van der Waals surface area contributed by atoms with Gasteiger partial charge in [0.25, 0.3) is 0 Å². The standard InChI is InChI=1S/C29H35Cl2N3O4/c1-16-7-9-21(10-8-16)34-25(27(36)32-19-5-3-2-4-6-19)29-12-11-22(38-29)23(24(29)28(34)37)26(35)33-20-14-17(30)13-18(31)15-20/h11-16,19,21-25H,2-10H2,1H3,(H,32,36)(H,33,35)/t16?,21?,22-,23-,24-,25-,29-/m0/s1. The van der Waals surface area contributed by atoms with Crippen LogP contribution in [0.2, 0.25) is 10.0 Å². The Bertz CT molecular complexity index is 1140. The summed E-state index contributed by atoms with van der Waals surface area (Å²) in [7, 11) is 0. The van der Waals surface area contributed by atoms with E-state index in [-0.39, 0.29) is 29.8 Å². The Balaban J connectivity index is 1.32. The van der Waals surface area contributed by atoms with Gasteiger partial charge in [-0.05, 0) is 62.6 Å². The number of rotatable bonds is 5. The maximum Gasteiger partial charge on any atom is 0.246 e. The Morgan fingerprint density at radius 1 is 0.974 bits per heavy atom. The van der Waals surface area contributed by atoms with E-state index in [1.807, 2.05) is 12.2 Å². The highest BCUT2D eigenvalue weighted by molar-refractivity contribution is 6.35. The number of likely N-dealkylation sites (tertiary alicyclic amines) is 1. The van der Waals surface area contributed by atoms with Crippen molar-refractivity contribution in [3.05, 3.63) is 40.4 Å². The van der Waals surface area contributed by atoms with Gasteiger partial charge < -0.3 is 20.3 Å². The van der Waals surface area contributed by atoms with E-state index in [2.05, 4.69) is 17.6 Å². The van der Waals surface area contributed by atoms with Crippen molar-refractivity contribution >= 4 is 46.6 Å². The summed E-state index contributed by atoms with van der Waals surface area (Å²) in [6.07, 6.45) is 12.2. The fourth-order valence-corrected chi connectivity index (χ4v) is 8.03. The number of nitrogens with one attached hydrogen (secondary N) is 2. The van der Waals surface area contributed by atoms with Crippen LogP contribution < -0.4 is 10.6 Å². The predicted octanol–water partition coefficient (Wildman–Crippen LogP) is 5.11. The molecule has 2 bridgehead atoms. The molecule has 5 aliphatic rings. The van der Waals surface area contributed by atoms with Crippen molar-refractivity contribution in [2.75, 3.05) is 5.32 Å². The van der Waals surface area contributed by atoms with Crippen LogP contribution in [0.5, 0.6) is 0 Å². The smallest absolute Gasteiger partial charge is 0.246 e. The van der Waals surface area contributed by atoms with Gasteiger partial charge in [0.05, 0.1) is 17.9 Å². The van der Waals surface area contributed by atoms with Crippen molar-refractivity contribution in [3.8, 4) is 0 Å². The van der Waals surface area contributed by atoms with Crippen molar-refractivity contribution in [1.29, 1.82) is 0 Å². The molecule has 1 aromatic rings. The Kier molecular flexibility index (Phi) is 6.98. The van der Waals surface area contributed by atoms with Crippen LogP contribution in [0, 0.1) is 17.8 Å². The normalized spacial score (nSPS) is 36.4. The van der Waals surface area contributed by atoms with Gasteiger partial charge in [-0.3, -0.25) is 14.4 Å². The van der Waals surface area contributed by atoms with E-state index >= 15 is 0 Å². The van der Waals surface area contributed by atoms with E-state index in [0.29, 0.717) is 21.7 Å². The minimum atomic E-state index is -1.14. The zero-order valence-corrected chi connectivity index (χ0v) is 23.1. The van der Waals surface area contributed by atoms with Crippen LogP contribution in [0.1, 0.15) is 64.7 Å². The minimum absolute atomic E-state index is 0.0349. The molecule has 6 rings (SSSR count). The van der Waals surface area contributed by atoms with Crippen LogP contribution >= 0.6 is 23.2 Å². The lowest BCUT2D eigenvalue weighted by molar-refractivity contribution is -0.145. The molecule has 3 amide bonds. The van der Waals surface area contributed by atoms with Crippen LogP contribution in [-0.4, -0.2) is 52.5 Å². The summed E-state index contributed by atoms with van der Waals surface area (Å²) in [6.45, 7) is 2.23. The van der Waals surface area contributed by atoms with Gasteiger partial charge in [0.15, 0.2) is 0 Å². The third kappa shape index (κ3) is 4.44. The number of ether oxygens (including phenoxy) is 1. The third-order valence-electron chi connectivity index (χ3n) is 9.32. The summed E-state index contributed by atoms with van der Waals surface area (Å²) in [5.74, 6) is -1.53. The molecule has 0 radical (unpaired) electrons. The Hall–Kier alpha value is -2.09. The van der Waals surface area contributed by atoms with E-state index in [0.717, 1.165) is 51.4 Å². The molecular weight excluding hydrogens is 525 g/mol. The monoisotopic (exact) mass is 559 g/mol. The van der Waals surface area contributed by atoms with Gasteiger partial charge in [-0.25, -0.2) is 0 Å². The van der Waals surface area contributed by atoms with Crippen LogP contribution in [0.15, 0.2) is 30.4 Å². The van der Waals surface area contributed by atoms with E-state index in [1.54, 1.807) is 23.1 Å². The molecule has 2 saturated carbocycles. The average molecular weight is 561 g/mol. The first-order chi connectivity index (χ1) is 18.3. The molecule has 7 nitrogen and oxygen atoms in total. The zero-order valence-electron chi connectivity index (χ0n) is 21.6. The molecule has 0 aromatic heterocycles. The fourth-order valence-electron chi connectivity index (χ4n) is 7.50. The molecule has 9 heteroatoms. The van der Waals surface area contributed by atoms with Crippen molar-refractivity contribution < 1.29 is 19.1 Å². The van der Waals surface area contributed by atoms with Gasteiger partial charge >= 0.3 is 0 Å². The number of nitrogens with zero attached hydrogens (tertiary/aromatic N) is 1. The molecular formula is C29H35Cl2N3O4. The second-order valence-electron chi connectivity index (χ2n) is 11.9. The molecule has 1 spiro atoms. The lowest BCUT2D eigenvalue weighted by Gasteiger charge is -2.40. The SMILES string of the molecule is CC1CCC(N2C(=O)[C@@H]3[C@@H](C(=O)Nc4cc(Cl)cc(Cl)c4)[C@@H]4C=C[C@@]3(O4)[C@@H]2C(=O)NC2CCCCC2)CC1. The quantitative estimate of drug-likeness (QED) is 0.490. The number of amides is 3. The lowest BCUT2D eigenvalue weighted by atomic mass is 9.74. The van der Waals surface area contributed by atoms with E-state index in [4.69, 9.17) is 27.9 Å². The minimum Gasteiger partial charge on any atom is -0.359 e. The van der Waals surface area contributed by atoms with Crippen LogP contribution in [0.25, 0.3) is 0 Å². The van der Waals surface area contributed by atoms with Gasteiger partial charge in [0.1, 0.15) is 11.6 Å². The molecule has 2 N–H and O–H groups in total. The predicted molar refractivity (Wildman–Crippen MR) is 146 cm³/mol. The molecule has 3 heterocycles. The van der Waals surface area contributed by atoms with Crippen molar-refractivity contribution in [1.82, 2.24) is 10.2 Å². The molecule has 2 aliphatic carbocycles. The molecule has 2 saturated heterocycles. The van der Waals surface area contributed by atoms with E-state index in [1.165, 1.54) is 6.42 Å². The largest absolute Gasteiger partial charge is 0.359 e. The second-order valence-corrected chi connectivity index (χ2v) is 12.7. The average Bonchev–Trinajstić information content (AvgIpc) is 3.52. The molecule has 38 heavy (non-hydrogen) atoms. The molecule has 5 atom stereocenters. The summed E-state index contributed by atoms with van der Waals surface area (Å²) in [4.78, 5) is 43.7. The Labute approximate surface area is 233 Å².